The van der Waals surface area contributed by atoms with Crippen molar-refractivity contribution in [2.24, 2.45) is 0 Å². The Labute approximate surface area is 109 Å². The smallest absolute Gasteiger partial charge is 0.130 e. The molecule has 2 rings (SSSR count). The fourth-order valence-electron chi connectivity index (χ4n) is 1.90. The van der Waals surface area contributed by atoms with Gasteiger partial charge in [0.25, 0.3) is 0 Å². The highest BCUT2D eigenvalue weighted by Gasteiger charge is 2.07. The van der Waals surface area contributed by atoms with Crippen molar-refractivity contribution in [3.05, 3.63) is 59.4 Å². The van der Waals surface area contributed by atoms with E-state index in [1.54, 1.807) is 6.20 Å². The van der Waals surface area contributed by atoms with E-state index in [0.717, 1.165) is 11.4 Å². The van der Waals surface area contributed by atoms with Crippen LogP contribution in [0.4, 0.5) is 0 Å². The Morgan fingerprint density at radius 2 is 1.89 bits per heavy atom. The van der Waals surface area contributed by atoms with Crippen LogP contribution in [0.25, 0.3) is 0 Å². The standard InChI is InChI=1S/C16H19NO/c1-12(2)14-8-4-5-9-16(14)18-11-15-13(3)7-6-10-17-15/h4-10,12H,11H2,1-3H3. The Bertz CT molecular complexity index is 520. The lowest BCUT2D eigenvalue weighted by Gasteiger charge is -2.14. The van der Waals surface area contributed by atoms with Gasteiger partial charge in [-0.1, -0.05) is 38.1 Å². The van der Waals surface area contributed by atoms with Crippen LogP contribution < -0.4 is 4.74 Å². The lowest BCUT2D eigenvalue weighted by atomic mass is 10.0. The van der Waals surface area contributed by atoms with Crippen LogP contribution in [-0.4, -0.2) is 4.98 Å². The second-order valence-electron chi connectivity index (χ2n) is 4.75. The summed E-state index contributed by atoms with van der Waals surface area (Å²) in [6, 6.07) is 12.2. The molecule has 0 atom stereocenters. The van der Waals surface area contributed by atoms with Gasteiger partial charge in [0.1, 0.15) is 12.4 Å². The number of hydrogen-bond donors (Lipinski definition) is 0. The third-order valence-corrected chi connectivity index (χ3v) is 3.02. The van der Waals surface area contributed by atoms with Gasteiger partial charge in [-0.05, 0) is 36.1 Å². The molecule has 0 radical (unpaired) electrons. The first-order valence-corrected chi connectivity index (χ1v) is 6.30. The predicted octanol–water partition coefficient (Wildman–Crippen LogP) is 4.09. The zero-order valence-corrected chi connectivity index (χ0v) is 11.2. The predicted molar refractivity (Wildman–Crippen MR) is 73.8 cm³/mol. The fraction of sp³-hybridized carbons (Fsp3) is 0.312. The Kier molecular flexibility index (Phi) is 3.98. The van der Waals surface area contributed by atoms with Crippen molar-refractivity contribution in [1.82, 2.24) is 4.98 Å². The first kappa shape index (κ1) is 12.6. The molecule has 0 fully saturated rings. The average Bonchev–Trinajstić information content (AvgIpc) is 2.38. The van der Waals surface area contributed by atoms with Crippen molar-refractivity contribution < 1.29 is 4.74 Å². The monoisotopic (exact) mass is 241 g/mol. The molecule has 0 saturated carbocycles. The van der Waals surface area contributed by atoms with E-state index in [4.69, 9.17) is 4.74 Å². The van der Waals surface area contributed by atoms with E-state index in [1.807, 2.05) is 24.3 Å². The first-order valence-electron chi connectivity index (χ1n) is 6.30. The van der Waals surface area contributed by atoms with Crippen LogP contribution in [0.3, 0.4) is 0 Å². The maximum Gasteiger partial charge on any atom is 0.130 e. The first-order chi connectivity index (χ1) is 8.68. The van der Waals surface area contributed by atoms with Crippen molar-refractivity contribution >= 4 is 0 Å². The number of nitrogens with zero attached hydrogens (tertiary/aromatic N) is 1. The third kappa shape index (κ3) is 2.89. The zero-order valence-electron chi connectivity index (χ0n) is 11.2. The zero-order chi connectivity index (χ0) is 13.0. The molecular formula is C16H19NO. The van der Waals surface area contributed by atoms with Gasteiger partial charge >= 0.3 is 0 Å². The number of benzene rings is 1. The Hall–Kier alpha value is -1.83. The SMILES string of the molecule is Cc1cccnc1COc1ccccc1C(C)C. The van der Waals surface area contributed by atoms with Crippen LogP contribution >= 0.6 is 0 Å². The molecule has 0 N–H and O–H groups in total. The molecule has 1 aromatic heterocycles. The van der Waals surface area contributed by atoms with Crippen LogP contribution in [0.5, 0.6) is 5.75 Å². The van der Waals surface area contributed by atoms with Crippen LogP contribution in [0.1, 0.15) is 36.6 Å². The van der Waals surface area contributed by atoms with E-state index < -0.39 is 0 Å². The van der Waals surface area contributed by atoms with Gasteiger partial charge in [-0.2, -0.15) is 0 Å². The molecule has 0 aliphatic rings. The van der Waals surface area contributed by atoms with Crippen LogP contribution in [0.15, 0.2) is 42.6 Å². The summed E-state index contributed by atoms with van der Waals surface area (Å²) in [7, 11) is 0. The van der Waals surface area contributed by atoms with Gasteiger partial charge in [-0.25, -0.2) is 0 Å². The summed E-state index contributed by atoms with van der Waals surface area (Å²) in [5.74, 6) is 1.42. The fourth-order valence-corrected chi connectivity index (χ4v) is 1.90. The summed E-state index contributed by atoms with van der Waals surface area (Å²) in [6.07, 6.45) is 1.81. The highest BCUT2D eigenvalue weighted by atomic mass is 16.5. The van der Waals surface area contributed by atoms with Crippen LogP contribution in [-0.2, 0) is 6.61 Å². The molecule has 0 amide bonds. The van der Waals surface area contributed by atoms with Crippen LogP contribution in [0.2, 0.25) is 0 Å². The number of hydrogen-bond acceptors (Lipinski definition) is 2. The van der Waals surface area contributed by atoms with Crippen molar-refractivity contribution in [3.63, 3.8) is 0 Å². The average molecular weight is 241 g/mol. The summed E-state index contributed by atoms with van der Waals surface area (Å²) < 4.78 is 5.90. The largest absolute Gasteiger partial charge is 0.487 e. The summed E-state index contributed by atoms with van der Waals surface area (Å²) >= 11 is 0. The lowest BCUT2D eigenvalue weighted by molar-refractivity contribution is 0.296. The molecule has 0 spiro atoms. The Morgan fingerprint density at radius 1 is 1.11 bits per heavy atom. The van der Waals surface area contributed by atoms with E-state index in [1.165, 1.54) is 11.1 Å². The number of para-hydroxylation sites is 1. The molecule has 2 aromatic rings. The number of pyridine rings is 1. The van der Waals surface area contributed by atoms with Crippen molar-refractivity contribution in [1.29, 1.82) is 0 Å². The number of aryl methyl sites for hydroxylation is 1. The normalized spacial score (nSPS) is 10.7. The maximum absolute atomic E-state index is 5.90. The van der Waals surface area contributed by atoms with E-state index in [0.29, 0.717) is 12.5 Å². The second-order valence-corrected chi connectivity index (χ2v) is 4.75. The van der Waals surface area contributed by atoms with Gasteiger partial charge in [-0.3, -0.25) is 4.98 Å². The summed E-state index contributed by atoms with van der Waals surface area (Å²) in [6.45, 7) is 6.93. The van der Waals surface area contributed by atoms with Crippen molar-refractivity contribution in [3.8, 4) is 5.75 Å². The lowest BCUT2D eigenvalue weighted by Crippen LogP contribution is -2.02. The highest BCUT2D eigenvalue weighted by molar-refractivity contribution is 5.35. The molecule has 0 bridgehead atoms. The van der Waals surface area contributed by atoms with E-state index in [9.17, 15) is 0 Å². The topological polar surface area (TPSA) is 22.1 Å². The molecular weight excluding hydrogens is 222 g/mol. The number of ether oxygens (including phenoxy) is 1. The minimum Gasteiger partial charge on any atom is -0.487 e. The summed E-state index contributed by atoms with van der Waals surface area (Å²) in [4.78, 5) is 4.34. The van der Waals surface area contributed by atoms with E-state index in [-0.39, 0.29) is 0 Å². The van der Waals surface area contributed by atoms with Gasteiger partial charge in [0.2, 0.25) is 0 Å². The minimum atomic E-state index is 0.464. The van der Waals surface area contributed by atoms with Gasteiger partial charge in [-0.15, -0.1) is 0 Å². The molecule has 94 valence electrons. The molecule has 0 aliphatic heterocycles. The molecule has 0 saturated heterocycles. The molecule has 0 unspecified atom stereocenters. The Morgan fingerprint density at radius 3 is 2.61 bits per heavy atom. The van der Waals surface area contributed by atoms with Gasteiger partial charge in [0, 0.05) is 6.20 Å². The quantitative estimate of drug-likeness (QED) is 0.804. The van der Waals surface area contributed by atoms with Crippen molar-refractivity contribution in [2.75, 3.05) is 0 Å². The highest BCUT2D eigenvalue weighted by Crippen LogP contribution is 2.26. The second kappa shape index (κ2) is 5.67. The Balaban J connectivity index is 2.14. The molecule has 18 heavy (non-hydrogen) atoms. The van der Waals surface area contributed by atoms with Gasteiger partial charge in [0.05, 0.1) is 5.69 Å². The molecule has 1 heterocycles. The molecule has 0 aliphatic carbocycles. The maximum atomic E-state index is 5.90. The molecule has 1 aromatic carbocycles. The third-order valence-electron chi connectivity index (χ3n) is 3.02. The molecule has 2 heteroatoms. The molecule has 2 nitrogen and oxygen atoms in total. The van der Waals surface area contributed by atoms with Crippen LogP contribution in [0, 0.1) is 6.92 Å². The van der Waals surface area contributed by atoms with Gasteiger partial charge < -0.3 is 4.74 Å². The van der Waals surface area contributed by atoms with Crippen molar-refractivity contribution in [2.45, 2.75) is 33.3 Å². The number of aromatic nitrogens is 1. The van der Waals surface area contributed by atoms with E-state index >= 15 is 0 Å². The number of rotatable bonds is 4. The van der Waals surface area contributed by atoms with E-state index in [2.05, 4.69) is 37.9 Å². The van der Waals surface area contributed by atoms with Gasteiger partial charge in [0.15, 0.2) is 0 Å². The summed E-state index contributed by atoms with van der Waals surface area (Å²) in [5, 5.41) is 0. The summed E-state index contributed by atoms with van der Waals surface area (Å²) in [5.41, 5.74) is 3.40. The minimum absolute atomic E-state index is 0.464.